The fourth-order valence-electron chi connectivity index (χ4n) is 2.93. The molecule has 0 radical (unpaired) electrons. The molecule has 2 aliphatic heterocycles. The van der Waals surface area contributed by atoms with E-state index in [2.05, 4.69) is 35.9 Å². The summed E-state index contributed by atoms with van der Waals surface area (Å²) in [4.78, 5) is 9.75. The topological polar surface area (TPSA) is 40.1 Å². The summed E-state index contributed by atoms with van der Waals surface area (Å²) in [5.41, 5.74) is 0. The van der Waals surface area contributed by atoms with Gasteiger partial charge in [-0.3, -0.25) is 9.89 Å². The average molecular weight is 296 g/mol. The SMILES string of the molecule is CCNC(=NCC(C)C)N1CCN(CC2CCOC2)CC1. The summed E-state index contributed by atoms with van der Waals surface area (Å²) < 4.78 is 5.48. The van der Waals surface area contributed by atoms with E-state index in [0.29, 0.717) is 5.92 Å². The van der Waals surface area contributed by atoms with E-state index in [-0.39, 0.29) is 0 Å². The van der Waals surface area contributed by atoms with E-state index in [1.165, 1.54) is 13.0 Å². The maximum absolute atomic E-state index is 5.48. The Balaban J connectivity index is 1.78. The quantitative estimate of drug-likeness (QED) is 0.612. The van der Waals surface area contributed by atoms with Crippen LogP contribution in [0, 0.1) is 11.8 Å². The predicted octanol–water partition coefficient (Wildman–Crippen LogP) is 1.26. The van der Waals surface area contributed by atoms with Gasteiger partial charge < -0.3 is 15.0 Å². The van der Waals surface area contributed by atoms with Crippen molar-refractivity contribution in [3.05, 3.63) is 0 Å². The molecular weight excluding hydrogens is 264 g/mol. The van der Waals surface area contributed by atoms with E-state index in [0.717, 1.165) is 64.4 Å². The summed E-state index contributed by atoms with van der Waals surface area (Å²) in [7, 11) is 0. The monoisotopic (exact) mass is 296 g/mol. The summed E-state index contributed by atoms with van der Waals surface area (Å²) in [5, 5.41) is 3.43. The smallest absolute Gasteiger partial charge is 0.194 e. The molecule has 1 atom stereocenters. The molecule has 2 saturated heterocycles. The lowest BCUT2D eigenvalue weighted by Crippen LogP contribution is -2.53. The standard InChI is InChI=1S/C16H32N4O/c1-4-17-16(18-11-14(2)3)20-8-6-19(7-9-20)12-15-5-10-21-13-15/h14-15H,4-13H2,1-3H3,(H,17,18). The zero-order chi connectivity index (χ0) is 15.1. The van der Waals surface area contributed by atoms with E-state index >= 15 is 0 Å². The third-order valence-corrected chi connectivity index (χ3v) is 4.15. The lowest BCUT2D eigenvalue weighted by atomic mass is 10.1. The van der Waals surface area contributed by atoms with Gasteiger partial charge in [0.05, 0.1) is 6.61 Å². The molecule has 2 rings (SSSR count). The Kier molecular flexibility index (Phi) is 6.77. The molecule has 0 aliphatic carbocycles. The molecule has 21 heavy (non-hydrogen) atoms. The van der Waals surface area contributed by atoms with Crippen LogP contribution in [0.25, 0.3) is 0 Å². The molecule has 1 unspecified atom stereocenters. The van der Waals surface area contributed by atoms with Crippen LogP contribution in [0.3, 0.4) is 0 Å². The van der Waals surface area contributed by atoms with Crippen LogP contribution in [-0.2, 0) is 4.74 Å². The molecule has 5 nitrogen and oxygen atoms in total. The van der Waals surface area contributed by atoms with Crippen molar-refractivity contribution in [1.82, 2.24) is 15.1 Å². The van der Waals surface area contributed by atoms with Gasteiger partial charge in [-0.15, -0.1) is 0 Å². The van der Waals surface area contributed by atoms with E-state index in [4.69, 9.17) is 9.73 Å². The summed E-state index contributed by atoms with van der Waals surface area (Å²) in [6, 6.07) is 0. The second-order valence-corrected chi connectivity index (χ2v) is 6.61. The number of aliphatic imine (C=N–C) groups is 1. The molecule has 0 bridgehead atoms. The van der Waals surface area contributed by atoms with Crippen LogP contribution in [0.4, 0.5) is 0 Å². The van der Waals surface area contributed by atoms with Crippen molar-refractivity contribution in [3.8, 4) is 0 Å². The molecule has 0 amide bonds. The summed E-state index contributed by atoms with van der Waals surface area (Å²) in [5.74, 6) is 2.46. The van der Waals surface area contributed by atoms with E-state index in [1.807, 2.05) is 0 Å². The number of guanidine groups is 1. The molecule has 2 heterocycles. The van der Waals surface area contributed by atoms with Crippen LogP contribution in [-0.4, -0.2) is 74.8 Å². The Hall–Kier alpha value is -0.810. The summed E-state index contributed by atoms with van der Waals surface area (Å²) >= 11 is 0. The van der Waals surface area contributed by atoms with Crippen molar-refractivity contribution >= 4 is 5.96 Å². The first-order valence-corrected chi connectivity index (χ1v) is 8.52. The van der Waals surface area contributed by atoms with Crippen molar-refractivity contribution in [2.24, 2.45) is 16.8 Å². The van der Waals surface area contributed by atoms with Crippen LogP contribution in [0.5, 0.6) is 0 Å². The molecule has 0 aromatic carbocycles. The highest BCUT2D eigenvalue weighted by Crippen LogP contribution is 2.15. The first kappa shape index (κ1) is 16.6. The molecular formula is C16H32N4O. The Bertz CT molecular complexity index is 318. The number of ether oxygens (including phenoxy) is 1. The maximum Gasteiger partial charge on any atom is 0.194 e. The Morgan fingerprint density at radius 3 is 2.62 bits per heavy atom. The Labute approximate surface area is 129 Å². The fourth-order valence-corrected chi connectivity index (χ4v) is 2.93. The van der Waals surface area contributed by atoms with Crippen LogP contribution >= 0.6 is 0 Å². The minimum absolute atomic E-state index is 0.613. The first-order valence-electron chi connectivity index (χ1n) is 8.52. The predicted molar refractivity (Wildman–Crippen MR) is 87.8 cm³/mol. The van der Waals surface area contributed by atoms with Crippen LogP contribution < -0.4 is 5.32 Å². The molecule has 0 aromatic rings. The van der Waals surface area contributed by atoms with Gasteiger partial charge >= 0.3 is 0 Å². The van der Waals surface area contributed by atoms with Crippen molar-refractivity contribution < 1.29 is 4.74 Å². The zero-order valence-corrected chi connectivity index (χ0v) is 14.0. The highest BCUT2D eigenvalue weighted by atomic mass is 16.5. The molecule has 2 fully saturated rings. The van der Waals surface area contributed by atoms with Gasteiger partial charge in [0.1, 0.15) is 0 Å². The van der Waals surface area contributed by atoms with Gasteiger partial charge in [-0.2, -0.15) is 0 Å². The van der Waals surface area contributed by atoms with E-state index in [1.54, 1.807) is 0 Å². The second-order valence-electron chi connectivity index (χ2n) is 6.61. The van der Waals surface area contributed by atoms with Crippen molar-refractivity contribution in [3.63, 3.8) is 0 Å². The average Bonchev–Trinajstić information content (AvgIpc) is 2.97. The molecule has 122 valence electrons. The lowest BCUT2D eigenvalue weighted by Gasteiger charge is -2.37. The summed E-state index contributed by atoms with van der Waals surface area (Å²) in [6.45, 7) is 16.0. The first-order chi connectivity index (χ1) is 10.2. The molecule has 0 aromatic heterocycles. The fraction of sp³-hybridized carbons (Fsp3) is 0.938. The third kappa shape index (κ3) is 5.47. The molecule has 0 saturated carbocycles. The van der Waals surface area contributed by atoms with Crippen molar-refractivity contribution in [2.45, 2.75) is 27.2 Å². The number of rotatable bonds is 5. The number of nitrogens with one attached hydrogen (secondary N) is 1. The van der Waals surface area contributed by atoms with Gasteiger partial charge in [0.15, 0.2) is 5.96 Å². The molecule has 5 heteroatoms. The number of hydrogen-bond donors (Lipinski definition) is 1. The van der Waals surface area contributed by atoms with Gasteiger partial charge in [0.25, 0.3) is 0 Å². The Morgan fingerprint density at radius 1 is 1.29 bits per heavy atom. The van der Waals surface area contributed by atoms with Gasteiger partial charge in [0.2, 0.25) is 0 Å². The molecule has 2 aliphatic rings. The number of nitrogens with zero attached hydrogens (tertiary/aromatic N) is 3. The highest BCUT2D eigenvalue weighted by molar-refractivity contribution is 5.80. The summed E-state index contributed by atoms with van der Waals surface area (Å²) in [6.07, 6.45) is 1.23. The second kappa shape index (κ2) is 8.59. The van der Waals surface area contributed by atoms with Crippen molar-refractivity contribution in [2.75, 3.05) is 59.0 Å². The highest BCUT2D eigenvalue weighted by Gasteiger charge is 2.23. The molecule has 0 spiro atoms. The lowest BCUT2D eigenvalue weighted by molar-refractivity contribution is 0.139. The van der Waals surface area contributed by atoms with E-state index in [9.17, 15) is 0 Å². The zero-order valence-electron chi connectivity index (χ0n) is 14.0. The normalized spacial score (nSPS) is 24.9. The van der Waals surface area contributed by atoms with E-state index < -0.39 is 0 Å². The van der Waals surface area contributed by atoms with Gasteiger partial charge in [-0.25, -0.2) is 0 Å². The van der Waals surface area contributed by atoms with Crippen LogP contribution in [0.2, 0.25) is 0 Å². The largest absolute Gasteiger partial charge is 0.381 e. The number of hydrogen-bond acceptors (Lipinski definition) is 3. The van der Waals surface area contributed by atoms with Crippen LogP contribution in [0.15, 0.2) is 4.99 Å². The van der Waals surface area contributed by atoms with Gasteiger partial charge in [-0.1, -0.05) is 13.8 Å². The van der Waals surface area contributed by atoms with Gasteiger partial charge in [-0.05, 0) is 25.2 Å². The molecule has 1 N–H and O–H groups in total. The van der Waals surface area contributed by atoms with Gasteiger partial charge in [0, 0.05) is 52.4 Å². The Morgan fingerprint density at radius 2 is 2.05 bits per heavy atom. The maximum atomic E-state index is 5.48. The van der Waals surface area contributed by atoms with Crippen molar-refractivity contribution in [1.29, 1.82) is 0 Å². The minimum Gasteiger partial charge on any atom is -0.381 e. The van der Waals surface area contributed by atoms with Crippen LogP contribution in [0.1, 0.15) is 27.2 Å². The third-order valence-electron chi connectivity index (χ3n) is 4.15. The minimum atomic E-state index is 0.613. The number of piperazine rings is 1.